The van der Waals surface area contributed by atoms with Crippen LogP contribution in [-0.4, -0.2) is 99.1 Å². The van der Waals surface area contributed by atoms with Gasteiger partial charge < -0.3 is 38.2 Å². The van der Waals surface area contributed by atoms with Crippen molar-refractivity contribution in [3.05, 3.63) is 42.0 Å². The van der Waals surface area contributed by atoms with Gasteiger partial charge in [-0.1, -0.05) is 19.1 Å². The van der Waals surface area contributed by atoms with Gasteiger partial charge in [-0.05, 0) is 75.5 Å². The normalized spacial score (nSPS) is 19.5. The third-order valence-corrected chi connectivity index (χ3v) is 9.21. The van der Waals surface area contributed by atoms with E-state index in [2.05, 4.69) is 45.6 Å². The van der Waals surface area contributed by atoms with E-state index in [9.17, 15) is 4.79 Å². The summed E-state index contributed by atoms with van der Waals surface area (Å²) >= 11 is 0. The van der Waals surface area contributed by atoms with E-state index in [1.54, 1.807) is 21.3 Å². The Morgan fingerprint density at radius 1 is 0.932 bits per heavy atom. The van der Waals surface area contributed by atoms with Crippen molar-refractivity contribution in [2.45, 2.75) is 52.6 Å². The van der Waals surface area contributed by atoms with E-state index in [0.29, 0.717) is 30.4 Å². The number of anilines is 1. The molecule has 10 nitrogen and oxygen atoms in total. The standard InChI is InChI=1S/C34H49N5O5/c1-6-44-22-21-39-28-12-8-7-11-27(28)35-33(39)37-17-10-16-36(19-20-37)15-9-13-34(2)14-18-38(32(34)40)25-26-23-29(41-3)31(43-5)30(24-26)42-4/h7-8,11-12,23-24H,6,9-10,13-22,25H2,1-5H3. The predicted octanol–water partition coefficient (Wildman–Crippen LogP) is 4.83. The molecule has 1 amide bonds. The highest BCUT2D eigenvalue weighted by Gasteiger charge is 2.42. The summed E-state index contributed by atoms with van der Waals surface area (Å²) in [6.07, 6.45) is 3.87. The van der Waals surface area contributed by atoms with Gasteiger partial charge in [-0.15, -0.1) is 0 Å². The molecular formula is C34H49N5O5. The van der Waals surface area contributed by atoms with Crippen LogP contribution in [0.5, 0.6) is 17.2 Å². The minimum Gasteiger partial charge on any atom is -0.493 e. The molecule has 0 bridgehead atoms. The summed E-state index contributed by atoms with van der Waals surface area (Å²) < 4.78 is 24.5. The molecule has 0 saturated carbocycles. The Kier molecular flexibility index (Phi) is 10.5. The van der Waals surface area contributed by atoms with Crippen molar-refractivity contribution >= 4 is 22.9 Å². The molecule has 0 spiro atoms. The van der Waals surface area contributed by atoms with Crippen LogP contribution in [-0.2, 0) is 22.6 Å². The Morgan fingerprint density at radius 2 is 1.70 bits per heavy atom. The number of hydrogen-bond acceptors (Lipinski definition) is 8. The first-order valence-electron chi connectivity index (χ1n) is 16.0. The number of methoxy groups -OCH3 is 3. The number of amides is 1. The van der Waals surface area contributed by atoms with Gasteiger partial charge in [0.05, 0.1) is 39.0 Å². The maximum atomic E-state index is 13.6. The first-order valence-corrected chi connectivity index (χ1v) is 16.0. The number of benzene rings is 2. The van der Waals surface area contributed by atoms with Crippen molar-refractivity contribution in [3.63, 3.8) is 0 Å². The van der Waals surface area contributed by atoms with Gasteiger partial charge in [0, 0.05) is 51.3 Å². The van der Waals surface area contributed by atoms with E-state index in [1.165, 1.54) is 0 Å². The van der Waals surface area contributed by atoms with Gasteiger partial charge in [0.2, 0.25) is 17.6 Å². The Morgan fingerprint density at radius 3 is 2.43 bits per heavy atom. The lowest BCUT2D eigenvalue weighted by Crippen LogP contribution is -2.35. The molecule has 1 aromatic heterocycles. The molecule has 10 heteroatoms. The monoisotopic (exact) mass is 607 g/mol. The van der Waals surface area contributed by atoms with Gasteiger partial charge in [-0.25, -0.2) is 4.98 Å². The average Bonchev–Trinajstić information content (AvgIpc) is 3.42. The largest absolute Gasteiger partial charge is 0.493 e. The summed E-state index contributed by atoms with van der Waals surface area (Å²) in [7, 11) is 4.82. The summed E-state index contributed by atoms with van der Waals surface area (Å²) in [5, 5.41) is 0. The van der Waals surface area contributed by atoms with Gasteiger partial charge in [0.15, 0.2) is 11.5 Å². The summed E-state index contributed by atoms with van der Waals surface area (Å²) in [6.45, 7) is 12.7. The molecule has 0 N–H and O–H groups in total. The maximum absolute atomic E-state index is 13.6. The zero-order chi connectivity index (χ0) is 31.1. The second kappa shape index (κ2) is 14.5. The van der Waals surface area contributed by atoms with Crippen molar-refractivity contribution in [1.29, 1.82) is 0 Å². The van der Waals surface area contributed by atoms with E-state index in [4.69, 9.17) is 23.9 Å². The Bertz CT molecular complexity index is 1380. The molecule has 0 aliphatic carbocycles. The quantitative estimate of drug-likeness (QED) is 0.241. The number of rotatable bonds is 14. The van der Waals surface area contributed by atoms with Crippen LogP contribution in [0.15, 0.2) is 36.4 Å². The fourth-order valence-corrected chi connectivity index (χ4v) is 6.71. The van der Waals surface area contributed by atoms with E-state index < -0.39 is 0 Å². The number of para-hydroxylation sites is 2. The molecule has 2 aliphatic rings. The molecular weight excluding hydrogens is 558 g/mol. The molecule has 2 aromatic carbocycles. The second-order valence-electron chi connectivity index (χ2n) is 12.1. The molecule has 2 fully saturated rings. The Balaban J connectivity index is 1.15. The molecule has 3 heterocycles. The van der Waals surface area contributed by atoms with Gasteiger partial charge in [0.25, 0.3) is 0 Å². The number of nitrogens with zero attached hydrogens (tertiary/aromatic N) is 5. The van der Waals surface area contributed by atoms with Crippen molar-refractivity contribution in [2.24, 2.45) is 5.41 Å². The van der Waals surface area contributed by atoms with Crippen LogP contribution >= 0.6 is 0 Å². The minimum atomic E-state index is -0.329. The molecule has 2 aliphatic heterocycles. The topological polar surface area (TPSA) is 81.5 Å². The number of likely N-dealkylation sites (tertiary alicyclic amines) is 1. The molecule has 44 heavy (non-hydrogen) atoms. The van der Waals surface area contributed by atoms with E-state index in [1.807, 2.05) is 24.0 Å². The number of imidazole rings is 1. The molecule has 0 radical (unpaired) electrons. The third kappa shape index (κ3) is 6.91. The molecule has 3 aromatic rings. The highest BCUT2D eigenvalue weighted by molar-refractivity contribution is 5.84. The van der Waals surface area contributed by atoms with Crippen LogP contribution in [0, 0.1) is 5.41 Å². The zero-order valence-corrected chi connectivity index (χ0v) is 27.1. The van der Waals surface area contributed by atoms with Gasteiger partial charge >= 0.3 is 0 Å². The molecule has 5 rings (SSSR count). The lowest BCUT2D eigenvalue weighted by atomic mass is 9.84. The average molecular weight is 608 g/mol. The lowest BCUT2D eigenvalue weighted by Gasteiger charge is -2.26. The van der Waals surface area contributed by atoms with Crippen LogP contribution < -0.4 is 19.1 Å². The minimum absolute atomic E-state index is 0.235. The fourth-order valence-electron chi connectivity index (χ4n) is 6.71. The SMILES string of the molecule is CCOCCn1c(N2CCCN(CCCC3(C)CCN(Cc4cc(OC)c(OC)c(OC)c4)C3=O)CC2)nc2ccccc21. The van der Waals surface area contributed by atoms with Crippen molar-refractivity contribution < 1.29 is 23.7 Å². The predicted molar refractivity (Wildman–Crippen MR) is 173 cm³/mol. The van der Waals surface area contributed by atoms with Crippen LogP contribution in [0.25, 0.3) is 11.0 Å². The van der Waals surface area contributed by atoms with Gasteiger partial charge in [-0.3, -0.25) is 4.79 Å². The smallest absolute Gasteiger partial charge is 0.228 e. The first-order chi connectivity index (χ1) is 21.4. The number of ether oxygens (including phenoxy) is 4. The molecule has 240 valence electrons. The summed E-state index contributed by atoms with van der Waals surface area (Å²) in [5.74, 6) is 3.06. The van der Waals surface area contributed by atoms with Crippen LogP contribution in [0.1, 0.15) is 45.1 Å². The van der Waals surface area contributed by atoms with E-state index >= 15 is 0 Å². The number of hydrogen-bond donors (Lipinski definition) is 0. The number of fused-ring (bicyclic) bond motifs is 1. The second-order valence-corrected chi connectivity index (χ2v) is 12.1. The highest BCUT2D eigenvalue weighted by atomic mass is 16.5. The van der Waals surface area contributed by atoms with Gasteiger partial charge in [0.1, 0.15) is 0 Å². The maximum Gasteiger partial charge on any atom is 0.228 e. The van der Waals surface area contributed by atoms with Crippen LogP contribution in [0.4, 0.5) is 5.95 Å². The lowest BCUT2D eigenvalue weighted by molar-refractivity contribution is -0.136. The Labute approximate surface area is 261 Å². The molecule has 2 saturated heterocycles. The van der Waals surface area contributed by atoms with Crippen molar-refractivity contribution in [3.8, 4) is 17.2 Å². The zero-order valence-electron chi connectivity index (χ0n) is 27.1. The summed E-state index contributed by atoms with van der Waals surface area (Å²) in [4.78, 5) is 25.6. The van der Waals surface area contributed by atoms with E-state index in [-0.39, 0.29) is 11.3 Å². The van der Waals surface area contributed by atoms with Crippen LogP contribution in [0.2, 0.25) is 0 Å². The molecule has 1 atom stereocenters. The highest BCUT2D eigenvalue weighted by Crippen LogP contribution is 2.41. The summed E-state index contributed by atoms with van der Waals surface area (Å²) in [5.41, 5.74) is 2.84. The van der Waals surface area contributed by atoms with Crippen LogP contribution in [0.3, 0.4) is 0 Å². The summed E-state index contributed by atoms with van der Waals surface area (Å²) in [6, 6.07) is 12.2. The Hall–Kier alpha value is -3.50. The van der Waals surface area contributed by atoms with E-state index in [0.717, 1.165) is 101 Å². The first kappa shape index (κ1) is 31.9. The van der Waals surface area contributed by atoms with Gasteiger partial charge in [-0.2, -0.15) is 0 Å². The van der Waals surface area contributed by atoms with Crippen molar-refractivity contribution in [1.82, 2.24) is 19.4 Å². The fraction of sp³-hybridized carbons (Fsp3) is 0.588. The number of carbonyl (C=O) groups is 1. The third-order valence-electron chi connectivity index (χ3n) is 9.21. The van der Waals surface area contributed by atoms with Crippen molar-refractivity contribution in [2.75, 3.05) is 78.7 Å². The molecule has 1 unspecified atom stereocenters. The number of carbonyl (C=O) groups excluding carboxylic acids is 1. The number of aromatic nitrogens is 2.